The molecule has 4 heteroatoms. The second-order valence-corrected chi connectivity index (χ2v) is 5.52. The van der Waals surface area contributed by atoms with Gasteiger partial charge in [-0.15, -0.1) is 0 Å². The van der Waals surface area contributed by atoms with Crippen molar-refractivity contribution >= 4 is 32.7 Å². The Morgan fingerprint density at radius 1 is 1.15 bits per heavy atom. The molecule has 1 heterocycles. The third kappa shape index (κ3) is 2.27. The van der Waals surface area contributed by atoms with Gasteiger partial charge >= 0.3 is 0 Å². The SMILES string of the molecule is Cc1ccc2oc(C(=O)c3cc(Br)ccc3F)cc2c1. The molecule has 0 saturated heterocycles. The zero-order valence-electron chi connectivity index (χ0n) is 10.6. The molecule has 0 aliphatic heterocycles. The molecule has 0 radical (unpaired) electrons. The summed E-state index contributed by atoms with van der Waals surface area (Å²) in [6.07, 6.45) is 0. The Balaban J connectivity index is 2.10. The summed E-state index contributed by atoms with van der Waals surface area (Å²) in [5.41, 5.74) is 1.69. The third-order valence-corrected chi connectivity index (χ3v) is 3.56. The molecule has 0 saturated carbocycles. The minimum atomic E-state index is -0.560. The quantitative estimate of drug-likeness (QED) is 0.626. The second-order valence-electron chi connectivity index (χ2n) is 4.61. The molecule has 2 nitrogen and oxygen atoms in total. The summed E-state index contributed by atoms with van der Waals surface area (Å²) in [6.45, 7) is 1.96. The van der Waals surface area contributed by atoms with E-state index in [-0.39, 0.29) is 11.3 Å². The van der Waals surface area contributed by atoms with Crippen molar-refractivity contribution in [1.82, 2.24) is 0 Å². The van der Waals surface area contributed by atoms with Gasteiger partial charge in [-0.25, -0.2) is 4.39 Å². The molecule has 0 bridgehead atoms. The van der Waals surface area contributed by atoms with Gasteiger partial charge in [0.1, 0.15) is 11.4 Å². The molecule has 0 aliphatic carbocycles. The van der Waals surface area contributed by atoms with E-state index in [1.165, 1.54) is 12.1 Å². The van der Waals surface area contributed by atoms with Crippen LogP contribution in [0.3, 0.4) is 0 Å². The maximum absolute atomic E-state index is 13.7. The summed E-state index contributed by atoms with van der Waals surface area (Å²) in [4.78, 5) is 12.3. The maximum Gasteiger partial charge on any atom is 0.231 e. The molecule has 0 N–H and O–H groups in total. The fourth-order valence-electron chi connectivity index (χ4n) is 2.08. The van der Waals surface area contributed by atoms with E-state index in [0.717, 1.165) is 10.9 Å². The first kappa shape index (κ1) is 13.1. The van der Waals surface area contributed by atoms with E-state index in [2.05, 4.69) is 15.9 Å². The van der Waals surface area contributed by atoms with E-state index in [1.54, 1.807) is 18.2 Å². The Morgan fingerprint density at radius 3 is 2.75 bits per heavy atom. The number of rotatable bonds is 2. The van der Waals surface area contributed by atoms with Gasteiger partial charge in [-0.3, -0.25) is 4.79 Å². The average molecular weight is 333 g/mol. The number of benzene rings is 2. The van der Waals surface area contributed by atoms with Crippen LogP contribution in [0.1, 0.15) is 21.7 Å². The molecular formula is C16H10BrFO2. The minimum absolute atomic E-state index is 0.00449. The number of ketones is 1. The molecule has 0 amide bonds. The van der Waals surface area contributed by atoms with Gasteiger partial charge in [-0.1, -0.05) is 27.6 Å². The number of fused-ring (bicyclic) bond motifs is 1. The summed E-state index contributed by atoms with van der Waals surface area (Å²) in [5.74, 6) is -0.880. The smallest absolute Gasteiger partial charge is 0.231 e. The van der Waals surface area contributed by atoms with E-state index in [1.807, 2.05) is 19.1 Å². The van der Waals surface area contributed by atoms with Gasteiger partial charge in [0.05, 0.1) is 5.56 Å². The summed E-state index contributed by atoms with van der Waals surface area (Å²) in [7, 11) is 0. The highest BCUT2D eigenvalue weighted by Gasteiger charge is 2.18. The van der Waals surface area contributed by atoms with Crippen LogP contribution in [0.2, 0.25) is 0 Å². The Morgan fingerprint density at radius 2 is 1.95 bits per heavy atom. The minimum Gasteiger partial charge on any atom is -0.453 e. The van der Waals surface area contributed by atoms with Crippen molar-refractivity contribution in [2.75, 3.05) is 0 Å². The Kier molecular flexibility index (Phi) is 3.18. The average Bonchev–Trinajstić information content (AvgIpc) is 2.83. The fourth-order valence-corrected chi connectivity index (χ4v) is 2.44. The predicted octanol–water partition coefficient (Wildman–Crippen LogP) is 4.87. The molecule has 100 valence electrons. The van der Waals surface area contributed by atoms with E-state index in [4.69, 9.17) is 4.42 Å². The molecule has 0 atom stereocenters. The monoisotopic (exact) mass is 332 g/mol. The van der Waals surface area contributed by atoms with E-state index >= 15 is 0 Å². The van der Waals surface area contributed by atoms with Gasteiger partial charge in [-0.05, 0) is 43.3 Å². The summed E-state index contributed by atoms with van der Waals surface area (Å²) < 4.78 is 19.9. The number of furan rings is 1. The van der Waals surface area contributed by atoms with Gasteiger partial charge in [0.2, 0.25) is 5.78 Å². The molecule has 0 aliphatic rings. The molecule has 1 aromatic heterocycles. The van der Waals surface area contributed by atoms with Crippen molar-refractivity contribution in [1.29, 1.82) is 0 Å². The molecule has 0 spiro atoms. The lowest BCUT2D eigenvalue weighted by atomic mass is 10.1. The topological polar surface area (TPSA) is 30.2 Å². The molecule has 0 fully saturated rings. The van der Waals surface area contributed by atoms with Gasteiger partial charge in [0.15, 0.2) is 5.76 Å². The normalized spacial score (nSPS) is 10.9. The van der Waals surface area contributed by atoms with Crippen LogP contribution in [0.5, 0.6) is 0 Å². The Hall–Kier alpha value is -1.94. The highest BCUT2D eigenvalue weighted by molar-refractivity contribution is 9.10. The molecule has 0 unspecified atom stereocenters. The second kappa shape index (κ2) is 4.87. The van der Waals surface area contributed by atoms with Crippen LogP contribution in [-0.4, -0.2) is 5.78 Å². The number of halogens is 2. The molecule has 3 rings (SSSR count). The fraction of sp³-hybridized carbons (Fsp3) is 0.0625. The van der Waals surface area contributed by atoms with Gasteiger partial charge < -0.3 is 4.42 Å². The van der Waals surface area contributed by atoms with Crippen LogP contribution in [0.4, 0.5) is 4.39 Å². The summed E-state index contributed by atoms with van der Waals surface area (Å²) in [5, 5.41) is 0.837. The lowest BCUT2D eigenvalue weighted by molar-refractivity contribution is 0.101. The lowest BCUT2D eigenvalue weighted by Gasteiger charge is -2.00. The van der Waals surface area contributed by atoms with Gasteiger partial charge in [-0.2, -0.15) is 0 Å². The lowest BCUT2D eigenvalue weighted by Crippen LogP contribution is -2.02. The molecular weight excluding hydrogens is 323 g/mol. The first-order chi connectivity index (χ1) is 9.54. The third-order valence-electron chi connectivity index (χ3n) is 3.07. The molecule has 2 aromatic carbocycles. The van der Waals surface area contributed by atoms with E-state index < -0.39 is 11.6 Å². The van der Waals surface area contributed by atoms with Gasteiger partial charge in [0, 0.05) is 9.86 Å². The molecule has 20 heavy (non-hydrogen) atoms. The Labute approximate surface area is 123 Å². The highest BCUT2D eigenvalue weighted by atomic mass is 79.9. The van der Waals surface area contributed by atoms with Crippen LogP contribution >= 0.6 is 15.9 Å². The number of carbonyl (C=O) groups is 1. The number of carbonyl (C=O) groups excluding carboxylic acids is 1. The maximum atomic E-state index is 13.7. The zero-order valence-corrected chi connectivity index (χ0v) is 12.2. The predicted molar refractivity (Wildman–Crippen MR) is 78.5 cm³/mol. The number of hydrogen-bond acceptors (Lipinski definition) is 2. The standard InChI is InChI=1S/C16H10BrFO2/c1-9-2-5-14-10(6-9)7-15(20-14)16(19)12-8-11(17)3-4-13(12)18/h2-8H,1H3. The van der Waals surface area contributed by atoms with Crippen molar-refractivity contribution < 1.29 is 13.6 Å². The largest absolute Gasteiger partial charge is 0.453 e. The number of hydrogen-bond donors (Lipinski definition) is 0. The van der Waals surface area contributed by atoms with Crippen molar-refractivity contribution in [3.8, 4) is 0 Å². The molecule has 3 aromatic rings. The van der Waals surface area contributed by atoms with Crippen molar-refractivity contribution in [2.45, 2.75) is 6.92 Å². The highest BCUT2D eigenvalue weighted by Crippen LogP contribution is 2.24. The van der Waals surface area contributed by atoms with E-state index in [0.29, 0.717) is 10.1 Å². The zero-order chi connectivity index (χ0) is 14.3. The van der Waals surface area contributed by atoms with Crippen molar-refractivity contribution in [2.24, 2.45) is 0 Å². The van der Waals surface area contributed by atoms with Crippen molar-refractivity contribution in [3.05, 3.63) is 69.6 Å². The van der Waals surface area contributed by atoms with Crippen LogP contribution in [0, 0.1) is 12.7 Å². The number of aryl methyl sites for hydroxylation is 1. The van der Waals surface area contributed by atoms with Crippen LogP contribution in [0.15, 0.2) is 51.4 Å². The van der Waals surface area contributed by atoms with Crippen LogP contribution in [0.25, 0.3) is 11.0 Å². The first-order valence-corrected chi connectivity index (χ1v) is 6.84. The summed E-state index contributed by atoms with van der Waals surface area (Å²) >= 11 is 3.23. The van der Waals surface area contributed by atoms with Gasteiger partial charge in [0.25, 0.3) is 0 Å². The van der Waals surface area contributed by atoms with Crippen molar-refractivity contribution in [3.63, 3.8) is 0 Å². The first-order valence-electron chi connectivity index (χ1n) is 6.04. The van der Waals surface area contributed by atoms with E-state index in [9.17, 15) is 9.18 Å². The van der Waals surface area contributed by atoms with Crippen LogP contribution < -0.4 is 0 Å². The Bertz CT molecular complexity index is 820. The van der Waals surface area contributed by atoms with Crippen LogP contribution in [-0.2, 0) is 0 Å². The summed E-state index contributed by atoms with van der Waals surface area (Å²) in [6, 6.07) is 11.5.